The molecule has 0 aromatic carbocycles. The Morgan fingerprint density at radius 3 is 0.507 bits per heavy atom. The van der Waals surface area contributed by atoms with Crippen LogP contribution in [0.25, 0.3) is 0 Å². The molecule has 0 fully saturated rings. The molecular weight excluding hydrogens is 893 g/mol. The van der Waals surface area contributed by atoms with Gasteiger partial charge in [-0.25, -0.2) is 0 Å². The quantitative estimate of drug-likeness (QED) is 0.0450. The van der Waals surface area contributed by atoms with Crippen molar-refractivity contribution >= 4 is 0 Å². The van der Waals surface area contributed by atoms with Crippen molar-refractivity contribution in [2.75, 3.05) is 32.8 Å². The predicted octanol–water partition coefficient (Wildman–Crippen LogP) is 24.6. The highest BCUT2D eigenvalue weighted by Gasteiger charge is 2.11. The number of unbranched alkanes of at least 4 members (excludes halogenated alkanes) is 53. The molecule has 0 spiro atoms. The second-order valence-electron chi connectivity index (χ2n) is 23.5. The summed E-state index contributed by atoms with van der Waals surface area (Å²) in [4.78, 5) is 24.7. The van der Waals surface area contributed by atoms with Crippen LogP contribution in [0.4, 0.5) is 0 Å². The molecule has 73 heavy (non-hydrogen) atoms. The Balaban J connectivity index is 0. The summed E-state index contributed by atoms with van der Waals surface area (Å²) in [6, 6.07) is 0. The molecule has 0 saturated heterocycles. The minimum absolute atomic E-state index is 0.338. The predicted molar refractivity (Wildman–Crippen MR) is 328 cm³/mol. The van der Waals surface area contributed by atoms with E-state index in [4.69, 9.17) is 9.68 Å². The number of hydrogen-bond donors (Lipinski definition) is 0. The van der Waals surface area contributed by atoms with E-state index in [9.17, 15) is 4.91 Å². The van der Waals surface area contributed by atoms with Crippen molar-refractivity contribution in [3.05, 3.63) is 4.91 Å². The molecule has 440 valence electrons. The van der Waals surface area contributed by atoms with Crippen LogP contribution >= 0.6 is 0 Å². The summed E-state index contributed by atoms with van der Waals surface area (Å²) in [7, 11) is 0. The van der Waals surface area contributed by atoms with Crippen LogP contribution in [0.2, 0.25) is 0 Å². The Kier molecular flexibility index (Phi) is 72.4. The van der Waals surface area contributed by atoms with Crippen molar-refractivity contribution in [2.45, 2.75) is 407 Å². The van der Waals surface area contributed by atoms with Crippen LogP contribution in [-0.4, -0.2) is 42.8 Å². The van der Waals surface area contributed by atoms with E-state index in [2.05, 4.69) is 39.5 Å². The molecule has 0 bridgehead atoms. The van der Waals surface area contributed by atoms with E-state index >= 15 is 0 Å². The molecule has 0 aromatic rings. The third-order valence-corrected chi connectivity index (χ3v) is 15.9. The molecule has 0 atom stereocenters. The molecule has 0 unspecified atom stereocenters. The average molecular weight is 1030 g/mol. The Bertz CT molecular complexity index is 853. The van der Waals surface area contributed by atoms with Crippen LogP contribution < -0.4 is 0 Å². The highest BCUT2D eigenvalue weighted by atomic mass is 17.0. The van der Waals surface area contributed by atoms with Crippen LogP contribution in [0, 0.1) is 4.91 Å². The number of rotatable bonds is 65. The lowest BCUT2D eigenvalue weighted by atomic mass is 10.0. The average Bonchev–Trinajstić information content (AvgIpc) is 3.40. The largest absolute Gasteiger partial charge is 0.477 e. The van der Waals surface area contributed by atoms with E-state index in [1.807, 2.05) is 0 Å². The fourth-order valence-electron chi connectivity index (χ4n) is 10.7. The Morgan fingerprint density at radius 2 is 0.342 bits per heavy atom. The van der Waals surface area contributed by atoms with Crippen molar-refractivity contribution in [2.24, 2.45) is 0 Å². The summed E-state index contributed by atoms with van der Waals surface area (Å²) in [5.41, 5.74) is 0. The minimum atomic E-state index is 0.338. The summed E-state index contributed by atoms with van der Waals surface area (Å²) in [6.07, 6.45) is 80.9. The van der Waals surface area contributed by atoms with E-state index in [-0.39, 0.29) is 0 Å². The van der Waals surface area contributed by atoms with Crippen molar-refractivity contribution in [3.63, 3.8) is 0 Å². The van der Waals surface area contributed by atoms with E-state index in [1.165, 1.54) is 366 Å². The summed E-state index contributed by atoms with van der Waals surface area (Å²) in [5.74, 6) is 0. The summed E-state index contributed by atoms with van der Waals surface area (Å²) < 4.78 is 0. The zero-order valence-corrected chi connectivity index (χ0v) is 51.7. The van der Waals surface area contributed by atoms with Crippen molar-refractivity contribution < 1.29 is 14.8 Å². The van der Waals surface area contributed by atoms with Gasteiger partial charge in [0, 0.05) is 0 Å². The van der Waals surface area contributed by atoms with Gasteiger partial charge in [-0.2, -0.15) is 9.68 Å². The van der Waals surface area contributed by atoms with Gasteiger partial charge in [-0.1, -0.05) is 362 Å². The van der Waals surface area contributed by atoms with E-state index in [0.29, 0.717) is 18.3 Å². The SMILES string of the molecule is CCCCCCCCCCCCCCCCO[N+](=O)OCCCCCCCCCCCCCCCC.CCCCCCCCCCCCN(CCCCCCCCCCCC)CCCCCCCCCCCC. The lowest BCUT2D eigenvalue weighted by Gasteiger charge is -2.22. The highest BCUT2D eigenvalue weighted by Crippen LogP contribution is 2.17. The molecule has 0 aromatic heterocycles. The van der Waals surface area contributed by atoms with Crippen LogP contribution in [0.3, 0.4) is 0 Å². The molecule has 0 aliphatic rings. The fraction of sp³-hybridized carbons (Fsp3) is 1.00. The van der Waals surface area contributed by atoms with Gasteiger partial charge >= 0.3 is 5.09 Å². The van der Waals surface area contributed by atoms with Gasteiger partial charge in [-0.05, 0) is 64.6 Å². The molecule has 0 N–H and O–H groups in total. The van der Waals surface area contributed by atoms with Gasteiger partial charge in [0.15, 0.2) is 13.2 Å². The van der Waals surface area contributed by atoms with E-state index in [1.54, 1.807) is 0 Å². The van der Waals surface area contributed by atoms with Gasteiger partial charge in [0.2, 0.25) is 0 Å². The molecule has 0 aliphatic heterocycles. The van der Waals surface area contributed by atoms with E-state index < -0.39 is 0 Å². The van der Waals surface area contributed by atoms with Crippen molar-refractivity contribution in [1.82, 2.24) is 4.90 Å². The maximum atomic E-state index is 11.6. The lowest BCUT2D eigenvalue weighted by Crippen LogP contribution is -2.27. The van der Waals surface area contributed by atoms with Crippen LogP contribution in [0.1, 0.15) is 407 Å². The van der Waals surface area contributed by atoms with Crippen molar-refractivity contribution in [3.8, 4) is 0 Å². The molecule has 0 aliphatic carbocycles. The lowest BCUT2D eigenvalue weighted by molar-refractivity contribution is -0.981. The summed E-state index contributed by atoms with van der Waals surface area (Å²) in [5, 5.41) is 0.338. The van der Waals surface area contributed by atoms with Crippen molar-refractivity contribution in [1.29, 1.82) is 0 Å². The first kappa shape index (κ1) is 74.2. The zero-order valence-electron chi connectivity index (χ0n) is 51.7. The first-order valence-corrected chi connectivity index (χ1v) is 34.6. The van der Waals surface area contributed by atoms with Crippen LogP contribution in [-0.2, 0) is 9.68 Å². The van der Waals surface area contributed by atoms with Crippen LogP contribution in [0.15, 0.2) is 0 Å². The maximum absolute atomic E-state index is 11.6. The zero-order chi connectivity index (χ0) is 53.1. The Labute approximate surface area is 462 Å². The normalized spacial score (nSPS) is 11.4. The molecule has 5 nitrogen and oxygen atoms in total. The van der Waals surface area contributed by atoms with Gasteiger partial charge in [-0.15, -0.1) is 0 Å². The van der Waals surface area contributed by atoms with Gasteiger partial charge in [0.1, 0.15) is 4.91 Å². The number of nitrogens with zero attached hydrogens (tertiary/aromatic N) is 2. The monoisotopic (exact) mass is 1030 g/mol. The topological polar surface area (TPSA) is 41.8 Å². The fourth-order valence-corrected chi connectivity index (χ4v) is 10.7. The molecule has 5 heteroatoms. The summed E-state index contributed by atoms with van der Waals surface area (Å²) >= 11 is 0. The smallest absolute Gasteiger partial charge is 0.303 e. The standard InChI is InChI=1S/C36H75N.C32H66NO3/c1-4-7-10-13-16-19-22-25-28-31-34-37(35-32-29-26-23-20-17-14-11-8-5-2)36-33-30-27-24-21-18-15-12-9-6-3;1-3-5-7-9-11-13-15-17-19-21-23-25-27-29-31-35-33(34)36-32-30-28-26-24-22-20-18-16-14-12-10-8-6-4-2/h4-36H2,1-3H3;3-32H2,1-2H3/q;+1. The molecule has 0 radical (unpaired) electrons. The molecule has 0 rings (SSSR count). The van der Waals surface area contributed by atoms with Crippen LogP contribution in [0.5, 0.6) is 0 Å². The first-order valence-electron chi connectivity index (χ1n) is 34.6. The number of hydrogen-bond acceptors (Lipinski definition) is 4. The molecule has 0 heterocycles. The Hall–Kier alpha value is -0.840. The van der Waals surface area contributed by atoms with Gasteiger partial charge < -0.3 is 4.90 Å². The molecule has 0 saturated carbocycles. The third-order valence-electron chi connectivity index (χ3n) is 15.9. The second kappa shape index (κ2) is 71.2. The molecule has 0 amide bonds. The minimum Gasteiger partial charge on any atom is -0.303 e. The Morgan fingerprint density at radius 1 is 0.205 bits per heavy atom. The third kappa shape index (κ3) is 71.2. The molecular formula is C68H141N2O3+. The summed E-state index contributed by atoms with van der Waals surface area (Å²) in [6.45, 7) is 16.6. The van der Waals surface area contributed by atoms with Gasteiger partial charge in [0.25, 0.3) is 0 Å². The first-order chi connectivity index (χ1) is 36.2. The van der Waals surface area contributed by atoms with Gasteiger partial charge in [-0.3, -0.25) is 0 Å². The second-order valence-corrected chi connectivity index (χ2v) is 23.5. The van der Waals surface area contributed by atoms with Gasteiger partial charge in [0.05, 0.1) is 0 Å². The highest BCUT2D eigenvalue weighted by molar-refractivity contribution is 4.61. The maximum Gasteiger partial charge on any atom is 0.477 e. The van der Waals surface area contributed by atoms with E-state index in [0.717, 1.165) is 25.7 Å².